The molecule has 0 radical (unpaired) electrons. The average Bonchev–Trinajstić information content (AvgIpc) is 3.38. The van der Waals surface area contributed by atoms with Gasteiger partial charge in [0.25, 0.3) is 0 Å². The standard InChI is InChI=1S/C23H19N3O2/c27-22-19(15-10-13-4-3-8-26-9-7-14(11-15)21(13)26)20(23(28)25-22)17-12-24-18-6-2-1-5-16(17)18/h1-2,5-7,9-12,19-20,24H,3-4,8H2,(H,25,27,28)/t19-,20-/m0/s1. The predicted molar refractivity (Wildman–Crippen MR) is 107 cm³/mol. The zero-order chi connectivity index (χ0) is 18.8. The Hall–Kier alpha value is -3.34. The molecule has 2 aliphatic rings. The quantitative estimate of drug-likeness (QED) is 0.530. The van der Waals surface area contributed by atoms with Crippen LogP contribution in [0.4, 0.5) is 0 Å². The van der Waals surface area contributed by atoms with Gasteiger partial charge in [-0.25, -0.2) is 0 Å². The summed E-state index contributed by atoms with van der Waals surface area (Å²) in [6.45, 7) is 1.04. The normalized spacial score (nSPS) is 21.6. The van der Waals surface area contributed by atoms with Gasteiger partial charge in [0, 0.05) is 35.2 Å². The average molecular weight is 369 g/mol. The summed E-state index contributed by atoms with van der Waals surface area (Å²) < 4.78 is 2.29. The summed E-state index contributed by atoms with van der Waals surface area (Å²) >= 11 is 0. The van der Waals surface area contributed by atoms with Crippen molar-refractivity contribution in [3.63, 3.8) is 0 Å². The number of amides is 2. The van der Waals surface area contributed by atoms with Crippen LogP contribution in [-0.4, -0.2) is 21.4 Å². The van der Waals surface area contributed by atoms with Crippen molar-refractivity contribution in [3.05, 3.63) is 71.5 Å². The molecule has 2 aliphatic heterocycles. The number of fused-ring (bicyclic) bond motifs is 1. The molecule has 138 valence electrons. The summed E-state index contributed by atoms with van der Waals surface area (Å²) in [4.78, 5) is 28.9. The molecule has 1 saturated heterocycles. The number of aryl methyl sites for hydroxylation is 2. The van der Waals surface area contributed by atoms with Crippen LogP contribution >= 0.6 is 0 Å². The molecule has 0 bridgehead atoms. The first-order valence-electron chi connectivity index (χ1n) is 9.73. The minimum atomic E-state index is -0.515. The van der Waals surface area contributed by atoms with E-state index in [2.05, 4.69) is 39.3 Å². The van der Waals surface area contributed by atoms with Gasteiger partial charge in [-0.15, -0.1) is 0 Å². The molecule has 2 aromatic heterocycles. The van der Waals surface area contributed by atoms with Crippen molar-refractivity contribution in [2.75, 3.05) is 0 Å². The summed E-state index contributed by atoms with van der Waals surface area (Å²) in [5, 5.41) is 4.72. The van der Waals surface area contributed by atoms with Crippen molar-refractivity contribution in [1.82, 2.24) is 14.9 Å². The third kappa shape index (κ3) is 2.07. The van der Waals surface area contributed by atoms with Crippen LogP contribution in [0.5, 0.6) is 0 Å². The molecule has 2 atom stereocenters. The largest absolute Gasteiger partial charge is 0.361 e. The van der Waals surface area contributed by atoms with Gasteiger partial charge in [0.15, 0.2) is 0 Å². The number of nitrogens with zero attached hydrogens (tertiary/aromatic N) is 1. The summed E-state index contributed by atoms with van der Waals surface area (Å²) in [6.07, 6.45) is 6.10. The zero-order valence-corrected chi connectivity index (χ0v) is 15.2. The van der Waals surface area contributed by atoms with Crippen LogP contribution in [0.2, 0.25) is 0 Å². The van der Waals surface area contributed by atoms with Gasteiger partial charge in [-0.1, -0.05) is 24.3 Å². The van der Waals surface area contributed by atoms with Crippen molar-refractivity contribution in [2.24, 2.45) is 0 Å². The number of H-pyrrole nitrogens is 1. The molecule has 0 saturated carbocycles. The highest BCUT2D eigenvalue weighted by molar-refractivity contribution is 6.12. The Morgan fingerprint density at radius 3 is 2.79 bits per heavy atom. The molecular formula is C23H19N3O2. The number of benzene rings is 2. The number of hydrogen-bond donors (Lipinski definition) is 2. The highest BCUT2D eigenvalue weighted by Gasteiger charge is 2.44. The Balaban J connectivity index is 1.54. The molecule has 0 unspecified atom stereocenters. The van der Waals surface area contributed by atoms with E-state index in [1.807, 2.05) is 30.5 Å². The van der Waals surface area contributed by atoms with Gasteiger partial charge in [-0.3, -0.25) is 14.9 Å². The first-order valence-corrected chi connectivity index (χ1v) is 9.73. The summed E-state index contributed by atoms with van der Waals surface area (Å²) in [7, 11) is 0. The van der Waals surface area contributed by atoms with Crippen molar-refractivity contribution in [1.29, 1.82) is 0 Å². The molecule has 2 N–H and O–H groups in total. The number of imide groups is 1. The van der Waals surface area contributed by atoms with E-state index in [1.165, 1.54) is 11.1 Å². The molecule has 4 heterocycles. The van der Waals surface area contributed by atoms with Gasteiger partial charge in [-0.2, -0.15) is 0 Å². The number of aromatic nitrogens is 2. The van der Waals surface area contributed by atoms with Gasteiger partial charge in [0.2, 0.25) is 11.8 Å². The van der Waals surface area contributed by atoms with Crippen molar-refractivity contribution in [3.8, 4) is 0 Å². The molecule has 28 heavy (non-hydrogen) atoms. The second-order valence-electron chi connectivity index (χ2n) is 7.83. The number of carbonyl (C=O) groups excluding carboxylic acids is 2. The van der Waals surface area contributed by atoms with Gasteiger partial charge in [0.1, 0.15) is 0 Å². The van der Waals surface area contributed by atoms with E-state index < -0.39 is 11.8 Å². The molecule has 2 aromatic carbocycles. The Morgan fingerprint density at radius 1 is 1.00 bits per heavy atom. The van der Waals surface area contributed by atoms with Crippen molar-refractivity contribution in [2.45, 2.75) is 31.2 Å². The lowest BCUT2D eigenvalue weighted by atomic mass is 9.81. The Kier molecular flexibility index (Phi) is 3.13. The molecule has 0 spiro atoms. The van der Waals surface area contributed by atoms with Crippen LogP contribution in [0.1, 0.15) is 34.9 Å². The maximum atomic E-state index is 12.8. The lowest BCUT2D eigenvalue weighted by Gasteiger charge is -2.20. The van der Waals surface area contributed by atoms with Crippen molar-refractivity contribution < 1.29 is 9.59 Å². The Labute approximate surface area is 161 Å². The maximum Gasteiger partial charge on any atom is 0.235 e. The molecule has 4 aromatic rings. The van der Waals surface area contributed by atoms with Gasteiger partial charge in [-0.05, 0) is 47.7 Å². The van der Waals surface area contributed by atoms with Crippen LogP contribution in [-0.2, 0) is 22.6 Å². The predicted octanol–water partition coefficient (Wildman–Crippen LogP) is 3.59. The highest BCUT2D eigenvalue weighted by Crippen LogP contribution is 2.42. The molecule has 0 aliphatic carbocycles. The van der Waals surface area contributed by atoms with E-state index >= 15 is 0 Å². The van der Waals surface area contributed by atoms with Crippen LogP contribution in [0.25, 0.3) is 21.8 Å². The second-order valence-corrected chi connectivity index (χ2v) is 7.83. The molecule has 5 heteroatoms. The fourth-order valence-electron chi connectivity index (χ4n) is 5.06. The summed E-state index contributed by atoms with van der Waals surface area (Å²) in [5.74, 6) is -1.44. The number of para-hydroxylation sites is 1. The SMILES string of the molecule is O=C1NC(=O)[C@@H](c2c[nH]c3ccccc23)[C@@H]1c1cc2c3c(ccn3CCC2)c1. The second kappa shape index (κ2) is 5.58. The lowest BCUT2D eigenvalue weighted by molar-refractivity contribution is -0.125. The minimum Gasteiger partial charge on any atom is -0.361 e. The number of rotatable bonds is 2. The number of carbonyl (C=O) groups is 2. The molecule has 5 nitrogen and oxygen atoms in total. The van der Waals surface area contributed by atoms with Crippen LogP contribution in [0.3, 0.4) is 0 Å². The first-order chi connectivity index (χ1) is 13.7. The van der Waals surface area contributed by atoms with Gasteiger partial charge < -0.3 is 9.55 Å². The third-order valence-corrected chi connectivity index (χ3v) is 6.27. The summed E-state index contributed by atoms with van der Waals surface area (Å²) in [6, 6.07) is 14.3. The van der Waals surface area contributed by atoms with E-state index in [1.54, 1.807) is 0 Å². The number of nitrogens with one attached hydrogen (secondary N) is 2. The maximum absolute atomic E-state index is 12.8. The van der Waals surface area contributed by atoms with Gasteiger partial charge >= 0.3 is 0 Å². The van der Waals surface area contributed by atoms with Crippen LogP contribution < -0.4 is 5.32 Å². The van der Waals surface area contributed by atoms with E-state index in [0.29, 0.717) is 0 Å². The monoisotopic (exact) mass is 369 g/mol. The topological polar surface area (TPSA) is 66.9 Å². The lowest BCUT2D eigenvalue weighted by Crippen LogP contribution is -2.21. The van der Waals surface area contributed by atoms with Gasteiger partial charge in [0.05, 0.1) is 17.4 Å². The smallest absolute Gasteiger partial charge is 0.235 e. The third-order valence-electron chi connectivity index (χ3n) is 6.27. The Morgan fingerprint density at radius 2 is 1.86 bits per heavy atom. The molecule has 6 rings (SSSR count). The molecular weight excluding hydrogens is 350 g/mol. The number of hydrogen-bond acceptors (Lipinski definition) is 2. The minimum absolute atomic E-state index is 0.206. The fourth-order valence-corrected chi connectivity index (χ4v) is 5.06. The summed E-state index contributed by atoms with van der Waals surface area (Å²) in [5.41, 5.74) is 5.33. The van der Waals surface area contributed by atoms with E-state index in [-0.39, 0.29) is 11.8 Å². The molecule has 2 amide bonds. The van der Waals surface area contributed by atoms with E-state index in [4.69, 9.17) is 0 Å². The van der Waals surface area contributed by atoms with Crippen LogP contribution in [0.15, 0.2) is 54.9 Å². The Bertz CT molecular complexity index is 1280. The van der Waals surface area contributed by atoms with E-state index in [9.17, 15) is 9.59 Å². The van der Waals surface area contributed by atoms with Crippen LogP contribution in [0, 0.1) is 0 Å². The highest BCUT2D eigenvalue weighted by atomic mass is 16.2. The first kappa shape index (κ1) is 15.7. The van der Waals surface area contributed by atoms with Crippen molar-refractivity contribution >= 4 is 33.6 Å². The zero-order valence-electron chi connectivity index (χ0n) is 15.2. The fraction of sp³-hybridized carbons (Fsp3) is 0.217. The van der Waals surface area contributed by atoms with E-state index in [0.717, 1.165) is 46.8 Å². The molecule has 1 fully saturated rings. The number of aromatic amines is 1.